The van der Waals surface area contributed by atoms with E-state index >= 15 is 0 Å². The normalized spacial score (nSPS) is 12.6. The number of unbranched alkanes of at least 4 members (excludes halogenated alkanes) is 35. The molecule has 0 aliphatic carbocycles. The van der Waals surface area contributed by atoms with Crippen LogP contribution in [0.1, 0.15) is 329 Å². The first-order valence-electron chi connectivity index (χ1n) is 33.1. The molecule has 0 amide bonds. The van der Waals surface area contributed by atoms with Crippen LogP contribution in [0.4, 0.5) is 0 Å². The largest absolute Gasteiger partial charge is 0.462 e. The van der Waals surface area contributed by atoms with Crippen LogP contribution in [-0.4, -0.2) is 37.2 Å². The maximum absolute atomic E-state index is 12.9. The number of ether oxygens (including phenoxy) is 3. The van der Waals surface area contributed by atoms with Crippen molar-refractivity contribution in [2.24, 2.45) is 0 Å². The summed E-state index contributed by atoms with van der Waals surface area (Å²) in [5, 5.41) is 0. The molecule has 6 heteroatoms. The number of rotatable bonds is 60. The van der Waals surface area contributed by atoms with E-state index in [-0.39, 0.29) is 31.1 Å². The van der Waals surface area contributed by atoms with Gasteiger partial charge in [0.1, 0.15) is 13.2 Å². The van der Waals surface area contributed by atoms with Crippen molar-refractivity contribution in [3.05, 3.63) is 85.1 Å². The molecule has 0 aliphatic heterocycles. The second kappa shape index (κ2) is 65.1. The minimum atomic E-state index is -0.784. The molecule has 0 fully saturated rings. The van der Waals surface area contributed by atoms with Gasteiger partial charge in [-0.05, 0) is 96.3 Å². The third kappa shape index (κ3) is 63.3. The second-order valence-electron chi connectivity index (χ2n) is 22.0. The third-order valence-corrected chi connectivity index (χ3v) is 14.4. The van der Waals surface area contributed by atoms with Crippen molar-refractivity contribution in [3.8, 4) is 0 Å². The van der Waals surface area contributed by atoms with Gasteiger partial charge in [0.05, 0.1) is 0 Å². The molecule has 0 aromatic heterocycles. The molecule has 0 rings (SSSR count). The highest BCUT2D eigenvalue weighted by molar-refractivity contribution is 5.71. The van der Waals surface area contributed by atoms with Gasteiger partial charge in [-0.2, -0.15) is 0 Å². The molecule has 77 heavy (non-hydrogen) atoms. The van der Waals surface area contributed by atoms with Crippen molar-refractivity contribution in [2.45, 2.75) is 335 Å². The number of carbonyl (C=O) groups excluding carboxylic acids is 3. The van der Waals surface area contributed by atoms with Crippen molar-refractivity contribution in [1.82, 2.24) is 0 Å². The van der Waals surface area contributed by atoms with E-state index in [4.69, 9.17) is 14.2 Å². The molecule has 0 aliphatic rings. The lowest BCUT2D eigenvalue weighted by atomic mass is 10.0. The molecular weight excluding hydrogens is 949 g/mol. The molecule has 444 valence electrons. The molecule has 0 heterocycles. The van der Waals surface area contributed by atoms with E-state index in [1.807, 2.05) is 0 Å². The lowest BCUT2D eigenvalue weighted by Crippen LogP contribution is -2.30. The lowest BCUT2D eigenvalue weighted by Gasteiger charge is -2.18. The molecule has 0 aromatic carbocycles. The second-order valence-corrected chi connectivity index (χ2v) is 22.0. The molecule has 0 spiro atoms. The first kappa shape index (κ1) is 73.6. The third-order valence-electron chi connectivity index (χ3n) is 14.4. The van der Waals surface area contributed by atoms with Crippen LogP contribution in [-0.2, 0) is 28.6 Å². The Morgan fingerprint density at radius 3 is 0.805 bits per heavy atom. The summed E-state index contributed by atoms with van der Waals surface area (Å²) >= 11 is 0. The highest BCUT2D eigenvalue weighted by Gasteiger charge is 2.19. The molecule has 0 aromatic rings. The van der Waals surface area contributed by atoms with Crippen molar-refractivity contribution in [3.63, 3.8) is 0 Å². The van der Waals surface area contributed by atoms with Gasteiger partial charge in [-0.1, -0.05) is 298 Å². The van der Waals surface area contributed by atoms with Crippen LogP contribution in [0.5, 0.6) is 0 Å². The quantitative estimate of drug-likeness (QED) is 0.0261. The van der Waals surface area contributed by atoms with Gasteiger partial charge in [0, 0.05) is 19.3 Å². The van der Waals surface area contributed by atoms with Crippen LogP contribution in [0.2, 0.25) is 0 Å². The van der Waals surface area contributed by atoms with E-state index in [1.165, 1.54) is 173 Å². The number of hydrogen-bond acceptors (Lipinski definition) is 6. The molecule has 1 unspecified atom stereocenters. The van der Waals surface area contributed by atoms with Crippen LogP contribution in [0, 0.1) is 0 Å². The Balaban J connectivity index is 4.34. The summed E-state index contributed by atoms with van der Waals surface area (Å²) in [5.41, 5.74) is 0. The Kier molecular flexibility index (Phi) is 62.2. The summed E-state index contributed by atoms with van der Waals surface area (Å²) in [6, 6.07) is 0. The Bertz CT molecular complexity index is 1470. The van der Waals surface area contributed by atoms with Crippen LogP contribution < -0.4 is 0 Å². The van der Waals surface area contributed by atoms with Crippen molar-refractivity contribution in [2.75, 3.05) is 13.2 Å². The molecule has 0 N–H and O–H groups in total. The first-order valence-corrected chi connectivity index (χ1v) is 33.1. The number of esters is 3. The Morgan fingerprint density at radius 2 is 0.506 bits per heavy atom. The van der Waals surface area contributed by atoms with Gasteiger partial charge in [0.2, 0.25) is 0 Å². The lowest BCUT2D eigenvalue weighted by molar-refractivity contribution is -0.167. The Hall–Kier alpha value is -3.41. The van der Waals surface area contributed by atoms with E-state index in [0.717, 1.165) is 116 Å². The predicted molar refractivity (Wildman–Crippen MR) is 334 cm³/mol. The SMILES string of the molecule is CC/C=C\C/C=C\C/C=C\C/C=C\C/C=C\C/C=C\CCCCCCCCCCC(=O)OCC(COC(=O)CCCCCCCCCCCCCCCCCC)OC(=O)CCCCCCC/C=C\CCCCCCCCC. The predicted octanol–water partition coefficient (Wildman–Crippen LogP) is 22.7. The van der Waals surface area contributed by atoms with Gasteiger partial charge in [-0.3, -0.25) is 14.4 Å². The number of hydrogen-bond donors (Lipinski definition) is 0. The van der Waals surface area contributed by atoms with Gasteiger partial charge >= 0.3 is 17.9 Å². The molecule has 0 bridgehead atoms. The maximum Gasteiger partial charge on any atom is 0.306 e. The van der Waals surface area contributed by atoms with Crippen molar-refractivity contribution in [1.29, 1.82) is 0 Å². The van der Waals surface area contributed by atoms with E-state index in [1.54, 1.807) is 0 Å². The van der Waals surface area contributed by atoms with Gasteiger partial charge < -0.3 is 14.2 Å². The zero-order chi connectivity index (χ0) is 55.7. The summed E-state index contributed by atoms with van der Waals surface area (Å²) in [4.78, 5) is 38.4. The first-order chi connectivity index (χ1) is 38.0. The molecule has 0 saturated heterocycles. The Labute approximate surface area is 477 Å². The van der Waals surface area contributed by atoms with Gasteiger partial charge in [0.25, 0.3) is 0 Å². The van der Waals surface area contributed by atoms with Crippen LogP contribution in [0.25, 0.3) is 0 Å². The molecule has 1 atom stereocenters. The fourth-order valence-corrected chi connectivity index (χ4v) is 9.44. The topological polar surface area (TPSA) is 78.9 Å². The fourth-order valence-electron chi connectivity index (χ4n) is 9.44. The van der Waals surface area contributed by atoms with Gasteiger partial charge in [-0.25, -0.2) is 0 Å². The van der Waals surface area contributed by atoms with Crippen LogP contribution in [0.3, 0.4) is 0 Å². The van der Waals surface area contributed by atoms with E-state index in [0.29, 0.717) is 19.3 Å². The van der Waals surface area contributed by atoms with Gasteiger partial charge in [-0.15, -0.1) is 0 Å². The molecular formula is C71H124O6. The van der Waals surface area contributed by atoms with Gasteiger partial charge in [0.15, 0.2) is 6.10 Å². The highest BCUT2D eigenvalue weighted by Crippen LogP contribution is 2.17. The number of allylic oxidation sites excluding steroid dienone is 14. The van der Waals surface area contributed by atoms with E-state index in [2.05, 4.69) is 106 Å². The fraction of sp³-hybridized carbons (Fsp3) is 0.761. The molecule has 0 saturated carbocycles. The number of carbonyl (C=O) groups is 3. The monoisotopic (exact) mass is 1070 g/mol. The van der Waals surface area contributed by atoms with Crippen LogP contribution >= 0.6 is 0 Å². The zero-order valence-electron chi connectivity index (χ0n) is 51.0. The van der Waals surface area contributed by atoms with Crippen molar-refractivity contribution < 1.29 is 28.6 Å². The minimum absolute atomic E-state index is 0.0788. The zero-order valence-corrected chi connectivity index (χ0v) is 51.0. The minimum Gasteiger partial charge on any atom is -0.462 e. The summed E-state index contributed by atoms with van der Waals surface area (Å²) < 4.78 is 16.9. The summed E-state index contributed by atoms with van der Waals surface area (Å²) in [5.74, 6) is -0.880. The molecule has 6 nitrogen and oxygen atoms in total. The highest BCUT2D eigenvalue weighted by atomic mass is 16.6. The smallest absolute Gasteiger partial charge is 0.306 e. The average molecular weight is 1070 g/mol. The van der Waals surface area contributed by atoms with E-state index in [9.17, 15) is 14.4 Å². The summed E-state index contributed by atoms with van der Waals surface area (Å²) in [7, 11) is 0. The molecule has 0 radical (unpaired) electrons. The average Bonchev–Trinajstić information content (AvgIpc) is 3.43. The standard InChI is InChI=1S/C71H124O6/c1-4-7-10-13-16-19-22-25-28-31-32-33-34-35-36-37-38-39-40-41-44-46-49-52-55-58-61-64-70(73)76-67-68(77-71(74)65-62-59-56-53-50-47-43-30-27-24-21-18-15-12-9-6-3)66-75-69(72)63-60-57-54-51-48-45-42-29-26-23-20-17-14-11-8-5-2/h7,10,16,19,25,28,30,32-33,35-36,38-39,43,68H,4-6,8-9,11-15,17-18,20-24,26-27,29,31,34,37,40-42,44-67H2,1-3H3/b10-7-,19-16-,28-25-,33-32-,36-35-,39-38-,43-30-. The van der Waals surface area contributed by atoms with Crippen molar-refractivity contribution >= 4 is 17.9 Å². The summed E-state index contributed by atoms with van der Waals surface area (Å²) in [6.07, 6.45) is 85.9. The van der Waals surface area contributed by atoms with E-state index < -0.39 is 6.10 Å². The maximum atomic E-state index is 12.9. The Morgan fingerprint density at radius 1 is 0.273 bits per heavy atom. The summed E-state index contributed by atoms with van der Waals surface area (Å²) in [6.45, 7) is 6.55. The van der Waals surface area contributed by atoms with Crippen LogP contribution in [0.15, 0.2) is 85.1 Å².